The molecule has 33 heavy (non-hydrogen) atoms. The molecule has 170 valence electrons. The van der Waals surface area contributed by atoms with Crippen LogP contribution in [0.1, 0.15) is 77.9 Å². The Kier molecular flexibility index (Phi) is 5.88. The molecule has 0 saturated heterocycles. The Morgan fingerprint density at radius 1 is 1.03 bits per heavy atom. The highest BCUT2D eigenvalue weighted by Crippen LogP contribution is 2.36. The Morgan fingerprint density at radius 3 is 2.52 bits per heavy atom. The van der Waals surface area contributed by atoms with E-state index in [1.807, 2.05) is 59.2 Å². The molecule has 0 atom stereocenters. The number of aryl methyl sites for hydroxylation is 1. The normalized spacial score (nSPS) is 16.3. The number of fused-ring (bicyclic) bond motifs is 2. The molecule has 0 bridgehead atoms. The predicted octanol–water partition coefficient (Wildman–Crippen LogP) is 5.75. The van der Waals surface area contributed by atoms with Crippen molar-refractivity contribution in [1.82, 2.24) is 9.88 Å². The molecule has 5 heteroatoms. The first-order valence-corrected chi connectivity index (χ1v) is 12.3. The van der Waals surface area contributed by atoms with Gasteiger partial charge >= 0.3 is 0 Å². The van der Waals surface area contributed by atoms with Gasteiger partial charge in [-0.05, 0) is 43.9 Å². The van der Waals surface area contributed by atoms with Crippen LogP contribution in [0.2, 0.25) is 0 Å². The van der Waals surface area contributed by atoms with E-state index in [9.17, 15) is 9.59 Å². The fourth-order valence-corrected chi connectivity index (χ4v) is 5.52. The number of anilines is 1. The number of carbonyl (C=O) groups is 2. The first-order chi connectivity index (χ1) is 16.1. The molecular weight excluding hydrogens is 410 g/mol. The predicted molar refractivity (Wildman–Crippen MR) is 132 cm³/mol. The van der Waals surface area contributed by atoms with Gasteiger partial charge < -0.3 is 9.80 Å². The lowest BCUT2D eigenvalue weighted by molar-refractivity contribution is 0.0655. The molecule has 0 spiro atoms. The SMILES string of the molecule is CCc1ccccc1N(CC)C(=O)c1c2c(nc3ccccc13)C(=O)N(C1CCCCC1)C2. The van der Waals surface area contributed by atoms with Gasteiger partial charge in [0.25, 0.3) is 11.8 Å². The molecule has 1 aromatic heterocycles. The number of aromatic nitrogens is 1. The van der Waals surface area contributed by atoms with Crippen LogP contribution in [0.3, 0.4) is 0 Å². The molecule has 3 aromatic rings. The van der Waals surface area contributed by atoms with Crippen LogP contribution in [0.15, 0.2) is 48.5 Å². The quantitative estimate of drug-likeness (QED) is 0.506. The van der Waals surface area contributed by atoms with Crippen molar-refractivity contribution >= 4 is 28.4 Å². The van der Waals surface area contributed by atoms with Crippen molar-refractivity contribution in [1.29, 1.82) is 0 Å². The van der Waals surface area contributed by atoms with Crippen molar-refractivity contribution in [3.8, 4) is 0 Å². The Bertz CT molecular complexity index is 1210. The van der Waals surface area contributed by atoms with E-state index in [2.05, 4.69) is 13.0 Å². The average Bonchev–Trinajstić information content (AvgIpc) is 3.19. The second-order valence-corrected chi connectivity index (χ2v) is 9.09. The third-order valence-corrected chi connectivity index (χ3v) is 7.24. The van der Waals surface area contributed by atoms with Crippen LogP contribution in [0.25, 0.3) is 10.9 Å². The van der Waals surface area contributed by atoms with Gasteiger partial charge in [-0.1, -0.05) is 62.6 Å². The van der Waals surface area contributed by atoms with Crippen LogP contribution in [0.4, 0.5) is 5.69 Å². The maximum absolute atomic E-state index is 14.2. The lowest BCUT2D eigenvalue weighted by Crippen LogP contribution is -2.37. The zero-order valence-corrected chi connectivity index (χ0v) is 19.5. The zero-order chi connectivity index (χ0) is 22.9. The molecule has 2 heterocycles. The third kappa shape index (κ3) is 3.69. The van der Waals surface area contributed by atoms with Crippen molar-refractivity contribution in [3.05, 3.63) is 70.9 Å². The Labute approximate surface area is 195 Å². The number of pyridine rings is 1. The van der Waals surface area contributed by atoms with Crippen LogP contribution >= 0.6 is 0 Å². The molecule has 1 aliphatic heterocycles. The van der Waals surface area contributed by atoms with E-state index in [0.29, 0.717) is 29.9 Å². The van der Waals surface area contributed by atoms with Crippen LogP contribution in [0.5, 0.6) is 0 Å². The van der Waals surface area contributed by atoms with Gasteiger partial charge in [0.05, 0.1) is 11.1 Å². The summed E-state index contributed by atoms with van der Waals surface area (Å²) in [6.45, 7) is 5.15. The molecular formula is C28H31N3O2. The number of rotatable bonds is 5. The van der Waals surface area contributed by atoms with Crippen LogP contribution in [-0.2, 0) is 13.0 Å². The lowest BCUT2D eigenvalue weighted by Gasteiger charge is -2.30. The fourth-order valence-electron chi connectivity index (χ4n) is 5.52. The number of hydrogen-bond donors (Lipinski definition) is 0. The average molecular weight is 442 g/mol. The van der Waals surface area contributed by atoms with Gasteiger partial charge in [0.15, 0.2) is 0 Å². The summed E-state index contributed by atoms with van der Waals surface area (Å²) in [5.74, 6) is -0.0692. The van der Waals surface area contributed by atoms with Gasteiger partial charge in [0.2, 0.25) is 0 Å². The van der Waals surface area contributed by atoms with Crippen LogP contribution < -0.4 is 4.90 Å². The molecule has 0 unspecified atom stereocenters. The molecule has 1 saturated carbocycles. The van der Waals surface area contributed by atoms with E-state index in [4.69, 9.17) is 4.98 Å². The highest BCUT2D eigenvalue weighted by molar-refractivity contribution is 6.17. The molecule has 2 aliphatic rings. The van der Waals surface area contributed by atoms with E-state index >= 15 is 0 Å². The van der Waals surface area contributed by atoms with Gasteiger partial charge in [0.1, 0.15) is 5.69 Å². The first-order valence-electron chi connectivity index (χ1n) is 12.3. The second kappa shape index (κ2) is 8.97. The minimum absolute atomic E-state index is 0.0197. The van der Waals surface area contributed by atoms with Crippen LogP contribution in [0, 0.1) is 0 Å². The van der Waals surface area contributed by atoms with Gasteiger partial charge in [-0.2, -0.15) is 0 Å². The van der Waals surface area contributed by atoms with Crippen molar-refractivity contribution < 1.29 is 9.59 Å². The zero-order valence-electron chi connectivity index (χ0n) is 19.5. The summed E-state index contributed by atoms with van der Waals surface area (Å²) >= 11 is 0. The maximum Gasteiger partial charge on any atom is 0.273 e. The largest absolute Gasteiger partial charge is 0.330 e. The minimum Gasteiger partial charge on any atom is -0.330 e. The standard InChI is InChI=1S/C28H31N3O2/c1-3-19-12-8-11-17-24(19)30(4-2)27(32)25-21-15-9-10-16-23(21)29-26-22(25)18-31(28(26)33)20-13-6-5-7-14-20/h8-12,15-17,20H,3-7,13-14,18H2,1-2H3. The molecule has 0 radical (unpaired) electrons. The summed E-state index contributed by atoms with van der Waals surface area (Å²) in [4.78, 5) is 36.2. The van der Waals surface area contributed by atoms with Gasteiger partial charge in [-0.25, -0.2) is 4.98 Å². The van der Waals surface area contributed by atoms with Crippen molar-refractivity contribution in [2.45, 2.75) is 65.0 Å². The van der Waals surface area contributed by atoms with E-state index < -0.39 is 0 Å². The minimum atomic E-state index is -0.0495. The van der Waals surface area contributed by atoms with E-state index in [0.717, 1.165) is 54.3 Å². The summed E-state index contributed by atoms with van der Waals surface area (Å²) in [7, 11) is 0. The summed E-state index contributed by atoms with van der Waals surface area (Å²) in [6, 6.07) is 16.1. The fraction of sp³-hybridized carbons (Fsp3) is 0.393. The van der Waals surface area contributed by atoms with E-state index in [1.54, 1.807) is 0 Å². The Balaban J connectivity index is 1.64. The van der Waals surface area contributed by atoms with Crippen molar-refractivity contribution in [2.75, 3.05) is 11.4 Å². The Hall–Kier alpha value is -3.21. The summed E-state index contributed by atoms with van der Waals surface area (Å²) in [5, 5.41) is 0.826. The van der Waals surface area contributed by atoms with E-state index in [1.165, 1.54) is 6.42 Å². The third-order valence-electron chi connectivity index (χ3n) is 7.24. The molecule has 5 nitrogen and oxygen atoms in total. The number of nitrogens with zero attached hydrogens (tertiary/aromatic N) is 3. The maximum atomic E-state index is 14.2. The molecule has 5 rings (SSSR count). The molecule has 1 aliphatic carbocycles. The van der Waals surface area contributed by atoms with Crippen LogP contribution in [-0.4, -0.2) is 34.3 Å². The molecule has 0 N–H and O–H groups in total. The number of carbonyl (C=O) groups excluding carboxylic acids is 2. The van der Waals surface area contributed by atoms with Crippen molar-refractivity contribution in [2.24, 2.45) is 0 Å². The highest BCUT2D eigenvalue weighted by Gasteiger charge is 2.38. The number of amides is 2. The smallest absolute Gasteiger partial charge is 0.273 e. The van der Waals surface area contributed by atoms with Gasteiger partial charge in [-0.3, -0.25) is 9.59 Å². The summed E-state index contributed by atoms with van der Waals surface area (Å²) in [5.41, 5.74) is 4.68. The molecule has 2 aromatic carbocycles. The summed E-state index contributed by atoms with van der Waals surface area (Å²) < 4.78 is 0. The summed E-state index contributed by atoms with van der Waals surface area (Å²) in [6.07, 6.45) is 6.47. The Morgan fingerprint density at radius 2 is 1.76 bits per heavy atom. The lowest BCUT2D eigenvalue weighted by atomic mass is 9.94. The number of benzene rings is 2. The highest BCUT2D eigenvalue weighted by atomic mass is 16.2. The first kappa shape index (κ1) is 21.6. The monoisotopic (exact) mass is 441 g/mol. The second-order valence-electron chi connectivity index (χ2n) is 9.09. The number of para-hydroxylation sites is 2. The van der Waals surface area contributed by atoms with Gasteiger partial charge in [0, 0.05) is 35.8 Å². The topological polar surface area (TPSA) is 53.5 Å². The molecule has 1 fully saturated rings. The van der Waals surface area contributed by atoms with Gasteiger partial charge in [-0.15, -0.1) is 0 Å². The number of hydrogen-bond acceptors (Lipinski definition) is 3. The van der Waals surface area contributed by atoms with Crippen molar-refractivity contribution in [3.63, 3.8) is 0 Å². The van der Waals surface area contributed by atoms with E-state index in [-0.39, 0.29) is 17.9 Å². The molecule has 2 amide bonds.